The molecule has 0 aliphatic heterocycles. The van der Waals surface area contributed by atoms with Gasteiger partial charge in [0.15, 0.2) is 11.5 Å². The molecule has 128 valence electrons. The van der Waals surface area contributed by atoms with E-state index < -0.39 is 0 Å². The number of methoxy groups -OCH3 is 2. The zero-order valence-electron chi connectivity index (χ0n) is 14.4. The summed E-state index contributed by atoms with van der Waals surface area (Å²) in [6.07, 6.45) is 5.35. The Morgan fingerprint density at radius 2 is 2.13 bits per heavy atom. The summed E-state index contributed by atoms with van der Waals surface area (Å²) in [6.45, 7) is 6.29. The van der Waals surface area contributed by atoms with Gasteiger partial charge in [-0.25, -0.2) is 0 Å². The van der Waals surface area contributed by atoms with E-state index in [0.29, 0.717) is 30.0 Å². The van der Waals surface area contributed by atoms with Crippen LogP contribution in [0.4, 0.5) is 0 Å². The monoisotopic (exact) mass is 320 g/mol. The predicted octanol–water partition coefficient (Wildman–Crippen LogP) is 2.68. The van der Waals surface area contributed by atoms with E-state index in [1.165, 1.54) is 0 Å². The first-order valence-corrected chi connectivity index (χ1v) is 7.97. The fraction of sp³-hybridized carbons (Fsp3) is 0.500. The molecule has 1 aromatic carbocycles. The Hall–Kier alpha value is -2.01. The first kappa shape index (κ1) is 19.0. The van der Waals surface area contributed by atoms with E-state index in [-0.39, 0.29) is 11.9 Å². The second kappa shape index (κ2) is 9.90. The van der Waals surface area contributed by atoms with Gasteiger partial charge in [-0.2, -0.15) is 0 Å². The van der Waals surface area contributed by atoms with Crippen LogP contribution in [0.5, 0.6) is 11.5 Å². The fourth-order valence-electron chi connectivity index (χ4n) is 2.45. The molecule has 1 atom stereocenters. The van der Waals surface area contributed by atoms with Gasteiger partial charge < -0.3 is 20.5 Å². The topological polar surface area (TPSA) is 73.6 Å². The van der Waals surface area contributed by atoms with Crippen LogP contribution < -0.4 is 20.5 Å². The predicted molar refractivity (Wildman–Crippen MR) is 93.3 cm³/mol. The first-order valence-electron chi connectivity index (χ1n) is 7.97. The number of carbonyl (C=O) groups excluding carboxylic acids is 1. The lowest BCUT2D eigenvalue weighted by Gasteiger charge is -2.18. The van der Waals surface area contributed by atoms with Gasteiger partial charge in [0, 0.05) is 23.7 Å². The summed E-state index contributed by atoms with van der Waals surface area (Å²) in [5.41, 5.74) is 7.15. The van der Waals surface area contributed by atoms with Crippen LogP contribution in [-0.4, -0.2) is 32.7 Å². The minimum Gasteiger partial charge on any atom is -0.493 e. The highest BCUT2D eigenvalue weighted by molar-refractivity contribution is 5.95. The number of nitrogens with one attached hydrogen (secondary N) is 1. The maximum Gasteiger partial charge on any atom is 0.251 e. The maximum absolute atomic E-state index is 12.5. The Morgan fingerprint density at radius 1 is 1.39 bits per heavy atom. The molecule has 0 fully saturated rings. The molecule has 0 heterocycles. The fourth-order valence-corrected chi connectivity index (χ4v) is 2.45. The highest BCUT2D eigenvalue weighted by atomic mass is 16.5. The highest BCUT2D eigenvalue weighted by Gasteiger charge is 2.17. The maximum atomic E-state index is 12.5. The van der Waals surface area contributed by atoms with Crippen LogP contribution in [0.15, 0.2) is 24.8 Å². The molecule has 3 N–H and O–H groups in total. The van der Waals surface area contributed by atoms with Crippen molar-refractivity contribution in [1.29, 1.82) is 0 Å². The average molecular weight is 320 g/mol. The number of rotatable bonds is 10. The molecule has 1 amide bonds. The van der Waals surface area contributed by atoms with Crippen molar-refractivity contribution in [3.63, 3.8) is 0 Å². The Kier molecular flexibility index (Phi) is 8.19. The molecule has 0 saturated heterocycles. The van der Waals surface area contributed by atoms with Crippen molar-refractivity contribution >= 4 is 5.91 Å². The second-order valence-corrected chi connectivity index (χ2v) is 5.41. The van der Waals surface area contributed by atoms with Gasteiger partial charge in [0.1, 0.15) is 0 Å². The van der Waals surface area contributed by atoms with Crippen molar-refractivity contribution in [1.82, 2.24) is 5.32 Å². The van der Waals surface area contributed by atoms with E-state index in [2.05, 4.69) is 18.8 Å². The molecule has 0 saturated carbocycles. The van der Waals surface area contributed by atoms with Gasteiger partial charge in [-0.1, -0.05) is 25.8 Å². The van der Waals surface area contributed by atoms with Crippen LogP contribution in [0.1, 0.15) is 42.1 Å². The third-order valence-electron chi connectivity index (χ3n) is 3.71. The van der Waals surface area contributed by atoms with E-state index >= 15 is 0 Å². The lowest BCUT2D eigenvalue weighted by molar-refractivity contribution is 0.0935. The molecular formula is C18H28N2O3. The van der Waals surface area contributed by atoms with E-state index in [9.17, 15) is 4.79 Å². The summed E-state index contributed by atoms with van der Waals surface area (Å²) in [4.78, 5) is 12.5. The van der Waals surface area contributed by atoms with Crippen molar-refractivity contribution in [3.8, 4) is 11.5 Å². The number of hydrogen-bond donors (Lipinski definition) is 2. The van der Waals surface area contributed by atoms with Crippen LogP contribution in [-0.2, 0) is 6.42 Å². The summed E-state index contributed by atoms with van der Waals surface area (Å²) >= 11 is 0. The summed E-state index contributed by atoms with van der Waals surface area (Å²) in [6, 6.07) is 3.48. The first-order chi connectivity index (χ1) is 11.1. The lowest BCUT2D eigenvalue weighted by atomic mass is 10.0. The summed E-state index contributed by atoms with van der Waals surface area (Å²) < 4.78 is 10.7. The summed E-state index contributed by atoms with van der Waals surface area (Å²) in [5, 5.41) is 2.99. The van der Waals surface area contributed by atoms with Crippen molar-refractivity contribution in [2.24, 2.45) is 5.73 Å². The molecule has 1 aromatic rings. The van der Waals surface area contributed by atoms with Crippen molar-refractivity contribution < 1.29 is 14.3 Å². The van der Waals surface area contributed by atoms with Gasteiger partial charge in [0.25, 0.3) is 5.91 Å². The normalized spacial score (nSPS) is 11.7. The Balaban J connectivity index is 3.03. The molecule has 0 spiro atoms. The highest BCUT2D eigenvalue weighted by Crippen LogP contribution is 2.33. The van der Waals surface area contributed by atoms with Gasteiger partial charge >= 0.3 is 0 Å². The van der Waals surface area contributed by atoms with Crippen LogP contribution in [0.3, 0.4) is 0 Å². The Bertz CT molecular complexity index is 529. The standard InChI is InChI=1S/C18H28N2O3/c1-5-7-9-15(12-19)20-18(21)14-10-13(8-6-2)17(23-4)16(11-14)22-3/h6,10-11,15H,2,5,7-9,12,19H2,1,3-4H3,(H,20,21). The third-order valence-corrected chi connectivity index (χ3v) is 3.71. The molecular weight excluding hydrogens is 292 g/mol. The molecule has 0 aliphatic rings. The van der Waals surface area contributed by atoms with Crippen LogP contribution >= 0.6 is 0 Å². The van der Waals surface area contributed by atoms with E-state index in [0.717, 1.165) is 24.8 Å². The number of benzene rings is 1. The SMILES string of the molecule is C=CCc1cc(C(=O)NC(CN)CCCC)cc(OC)c1OC. The molecule has 5 heteroatoms. The van der Waals surface area contributed by atoms with E-state index in [1.54, 1.807) is 26.4 Å². The lowest BCUT2D eigenvalue weighted by Crippen LogP contribution is -2.40. The van der Waals surface area contributed by atoms with Crippen molar-refractivity contribution in [2.45, 2.75) is 38.6 Å². The molecule has 0 bridgehead atoms. The zero-order valence-corrected chi connectivity index (χ0v) is 14.4. The van der Waals surface area contributed by atoms with Gasteiger partial charge in [-0.15, -0.1) is 6.58 Å². The molecule has 1 unspecified atom stereocenters. The van der Waals surface area contributed by atoms with Gasteiger partial charge in [-0.05, 0) is 25.0 Å². The van der Waals surface area contributed by atoms with Gasteiger partial charge in [0.05, 0.1) is 14.2 Å². The average Bonchev–Trinajstić information content (AvgIpc) is 2.57. The molecule has 1 rings (SSSR count). The summed E-state index contributed by atoms with van der Waals surface area (Å²) in [5.74, 6) is 1.02. The van der Waals surface area contributed by atoms with Crippen molar-refractivity contribution in [3.05, 3.63) is 35.9 Å². The minimum atomic E-state index is -0.150. The third kappa shape index (κ3) is 5.28. The van der Waals surface area contributed by atoms with Crippen LogP contribution in [0, 0.1) is 0 Å². The number of nitrogens with two attached hydrogens (primary N) is 1. The zero-order chi connectivity index (χ0) is 17.2. The number of amides is 1. The quantitative estimate of drug-likeness (QED) is 0.650. The molecule has 0 radical (unpaired) electrons. The Labute approximate surface area is 138 Å². The molecule has 5 nitrogen and oxygen atoms in total. The van der Waals surface area contributed by atoms with Gasteiger partial charge in [0.2, 0.25) is 0 Å². The second-order valence-electron chi connectivity index (χ2n) is 5.41. The largest absolute Gasteiger partial charge is 0.493 e. The summed E-state index contributed by atoms with van der Waals surface area (Å²) in [7, 11) is 3.14. The van der Waals surface area contributed by atoms with E-state index in [4.69, 9.17) is 15.2 Å². The van der Waals surface area contributed by atoms with Crippen LogP contribution in [0.25, 0.3) is 0 Å². The van der Waals surface area contributed by atoms with E-state index in [1.807, 2.05) is 6.07 Å². The molecule has 0 aromatic heterocycles. The molecule has 23 heavy (non-hydrogen) atoms. The van der Waals surface area contributed by atoms with Crippen LogP contribution in [0.2, 0.25) is 0 Å². The smallest absolute Gasteiger partial charge is 0.251 e. The number of unbranched alkanes of at least 4 members (excludes halogenated alkanes) is 1. The Morgan fingerprint density at radius 3 is 2.65 bits per heavy atom. The number of ether oxygens (including phenoxy) is 2. The number of carbonyl (C=O) groups is 1. The van der Waals surface area contributed by atoms with Crippen molar-refractivity contribution in [2.75, 3.05) is 20.8 Å². The molecule has 0 aliphatic carbocycles. The number of hydrogen-bond acceptors (Lipinski definition) is 4. The minimum absolute atomic E-state index is 0.0154. The number of allylic oxidation sites excluding steroid dienone is 1. The van der Waals surface area contributed by atoms with Gasteiger partial charge in [-0.3, -0.25) is 4.79 Å².